The molecule has 0 aliphatic heterocycles. The zero-order valence-corrected chi connectivity index (χ0v) is 11.4. The van der Waals surface area contributed by atoms with Crippen molar-refractivity contribution in [1.29, 1.82) is 0 Å². The number of alkyl halides is 1. The van der Waals surface area contributed by atoms with Gasteiger partial charge in [0.05, 0.1) is 5.88 Å². The third kappa shape index (κ3) is 2.12. The molecule has 0 aromatic carbocycles. The van der Waals surface area contributed by atoms with E-state index in [4.69, 9.17) is 11.6 Å². The van der Waals surface area contributed by atoms with Crippen LogP contribution in [0.15, 0.2) is 18.3 Å². The summed E-state index contributed by atoms with van der Waals surface area (Å²) in [7, 11) is 0. The number of fused-ring (bicyclic) bond motifs is 1. The van der Waals surface area contributed by atoms with Gasteiger partial charge in [0.15, 0.2) is 5.65 Å². The van der Waals surface area contributed by atoms with E-state index in [-0.39, 0.29) is 0 Å². The molecule has 3 nitrogen and oxygen atoms in total. The summed E-state index contributed by atoms with van der Waals surface area (Å²) >= 11 is 6.01. The Hall–Kier alpha value is -1.09. The SMILES string of the molecule is CC1CCC(Cn2c(CCl)nc3cccnc32)C1. The van der Waals surface area contributed by atoms with Crippen molar-refractivity contribution in [2.45, 2.75) is 38.6 Å². The maximum atomic E-state index is 6.01. The quantitative estimate of drug-likeness (QED) is 0.792. The van der Waals surface area contributed by atoms with Gasteiger partial charge in [-0.25, -0.2) is 9.97 Å². The lowest BCUT2D eigenvalue weighted by Gasteiger charge is -2.13. The Labute approximate surface area is 112 Å². The number of pyridine rings is 1. The summed E-state index contributed by atoms with van der Waals surface area (Å²) in [6.45, 7) is 3.35. The fourth-order valence-corrected chi connectivity index (χ4v) is 3.25. The summed E-state index contributed by atoms with van der Waals surface area (Å²) in [6.07, 6.45) is 5.81. The fourth-order valence-electron chi connectivity index (χ4n) is 3.05. The number of rotatable bonds is 3. The second-order valence-electron chi connectivity index (χ2n) is 5.40. The summed E-state index contributed by atoms with van der Waals surface area (Å²) in [5.41, 5.74) is 1.94. The Bertz CT molecular complexity index is 549. The molecular weight excluding hydrogens is 246 g/mol. The molecule has 96 valence electrons. The third-order valence-electron chi connectivity index (χ3n) is 3.95. The lowest BCUT2D eigenvalue weighted by atomic mass is 10.1. The van der Waals surface area contributed by atoms with E-state index in [1.807, 2.05) is 18.3 Å². The van der Waals surface area contributed by atoms with Gasteiger partial charge in [0.1, 0.15) is 11.3 Å². The van der Waals surface area contributed by atoms with Crippen LogP contribution in [0.1, 0.15) is 32.0 Å². The second kappa shape index (κ2) is 4.88. The monoisotopic (exact) mass is 263 g/mol. The van der Waals surface area contributed by atoms with E-state index in [0.717, 1.165) is 35.4 Å². The predicted molar refractivity (Wildman–Crippen MR) is 73.6 cm³/mol. The number of halogens is 1. The Kier molecular flexibility index (Phi) is 3.25. The van der Waals surface area contributed by atoms with Gasteiger partial charge in [0.2, 0.25) is 0 Å². The molecule has 3 rings (SSSR count). The van der Waals surface area contributed by atoms with Gasteiger partial charge in [-0.2, -0.15) is 0 Å². The summed E-state index contributed by atoms with van der Waals surface area (Å²) < 4.78 is 2.21. The van der Waals surface area contributed by atoms with E-state index in [2.05, 4.69) is 21.5 Å². The zero-order chi connectivity index (χ0) is 12.5. The van der Waals surface area contributed by atoms with Gasteiger partial charge in [0.25, 0.3) is 0 Å². The molecule has 0 bridgehead atoms. The van der Waals surface area contributed by atoms with Crippen LogP contribution in [0.3, 0.4) is 0 Å². The van der Waals surface area contributed by atoms with Crippen LogP contribution in [0.2, 0.25) is 0 Å². The van der Waals surface area contributed by atoms with E-state index in [0.29, 0.717) is 5.88 Å². The summed E-state index contributed by atoms with van der Waals surface area (Å²) in [5.74, 6) is 3.02. The minimum atomic E-state index is 0.457. The van der Waals surface area contributed by atoms with Gasteiger partial charge in [-0.15, -0.1) is 11.6 Å². The summed E-state index contributed by atoms with van der Waals surface area (Å²) in [4.78, 5) is 9.01. The van der Waals surface area contributed by atoms with E-state index < -0.39 is 0 Å². The molecule has 2 atom stereocenters. The Morgan fingerprint density at radius 2 is 2.33 bits per heavy atom. The van der Waals surface area contributed by atoms with Crippen molar-refractivity contribution in [3.63, 3.8) is 0 Å². The van der Waals surface area contributed by atoms with Crippen molar-refractivity contribution in [1.82, 2.24) is 14.5 Å². The van der Waals surface area contributed by atoms with Crippen LogP contribution in [0, 0.1) is 11.8 Å². The molecule has 2 aromatic heterocycles. The number of hydrogen-bond acceptors (Lipinski definition) is 2. The van der Waals surface area contributed by atoms with Gasteiger partial charge < -0.3 is 4.57 Å². The minimum absolute atomic E-state index is 0.457. The molecule has 1 saturated carbocycles. The molecule has 2 aromatic rings. The first-order valence-electron chi connectivity index (χ1n) is 6.64. The number of imidazole rings is 1. The first-order valence-corrected chi connectivity index (χ1v) is 7.17. The van der Waals surface area contributed by atoms with Crippen LogP contribution in [0.25, 0.3) is 11.2 Å². The van der Waals surface area contributed by atoms with Crippen molar-refractivity contribution in [3.05, 3.63) is 24.2 Å². The van der Waals surface area contributed by atoms with Crippen molar-refractivity contribution in [2.75, 3.05) is 0 Å². The number of aromatic nitrogens is 3. The lowest BCUT2D eigenvalue weighted by Crippen LogP contribution is -2.11. The average molecular weight is 264 g/mol. The third-order valence-corrected chi connectivity index (χ3v) is 4.19. The molecule has 2 heterocycles. The van der Waals surface area contributed by atoms with E-state index in [1.54, 1.807) is 0 Å². The van der Waals surface area contributed by atoms with Crippen molar-refractivity contribution in [2.24, 2.45) is 11.8 Å². The second-order valence-corrected chi connectivity index (χ2v) is 5.67. The largest absolute Gasteiger partial charge is 0.311 e. The highest BCUT2D eigenvalue weighted by atomic mass is 35.5. The van der Waals surface area contributed by atoms with E-state index in [1.165, 1.54) is 19.3 Å². The Morgan fingerprint density at radius 3 is 3.06 bits per heavy atom. The molecule has 1 aliphatic carbocycles. The minimum Gasteiger partial charge on any atom is -0.311 e. The van der Waals surface area contributed by atoms with Gasteiger partial charge >= 0.3 is 0 Å². The fraction of sp³-hybridized carbons (Fsp3) is 0.571. The standard InChI is InChI=1S/C14H18ClN3/c1-10-4-5-11(7-10)9-18-13(8-15)17-12-3-2-6-16-14(12)18/h2-3,6,10-11H,4-5,7-9H2,1H3. The molecule has 0 amide bonds. The molecule has 2 unspecified atom stereocenters. The van der Waals surface area contributed by atoms with E-state index >= 15 is 0 Å². The van der Waals surface area contributed by atoms with Gasteiger partial charge in [0, 0.05) is 12.7 Å². The molecule has 1 aliphatic rings. The first kappa shape index (κ1) is 12.0. The van der Waals surface area contributed by atoms with Crippen molar-refractivity contribution < 1.29 is 0 Å². The Balaban J connectivity index is 1.94. The summed E-state index contributed by atoms with van der Waals surface area (Å²) in [5, 5.41) is 0. The van der Waals surface area contributed by atoms with Crippen LogP contribution in [0.4, 0.5) is 0 Å². The van der Waals surface area contributed by atoms with Gasteiger partial charge in [-0.05, 0) is 36.8 Å². The Morgan fingerprint density at radius 1 is 1.44 bits per heavy atom. The first-order chi connectivity index (χ1) is 8.78. The van der Waals surface area contributed by atoms with E-state index in [9.17, 15) is 0 Å². The normalized spacial score (nSPS) is 23.9. The molecule has 0 N–H and O–H groups in total. The van der Waals surface area contributed by atoms with Crippen LogP contribution in [-0.2, 0) is 12.4 Å². The van der Waals surface area contributed by atoms with Crippen molar-refractivity contribution in [3.8, 4) is 0 Å². The van der Waals surface area contributed by atoms with Crippen LogP contribution < -0.4 is 0 Å². The van der Waals surface area contributed by atoms with Crippen LogP contribution >= 0.6 is 11.6 Å². The predicted octanol–water partition coefficient (Wildman–Crippen LogP) is 3.61. The topological polar surface area (TPSA) is 30.7 Å². The van der Waals surface area contributed by atoms with Crippen molar-refractivity contribution >= 4 is 22.8 Å². The molecule has 0 spiro atoms. The molecule has 1 fully saturated rings. The molecule has 0 radical (unpaired) electrons. The maximum absolute atomic E-state index is 6.01. The highest BCUT2D eigenvalue weighted by Gasteiger charge is 2.23. The number of nitrogens with zero attached hydrogens (tertiary/aromatic N) is 3. The smallest absolute Gasteiger partial charge is 0.160 e. The van der Waals surface area contributed by atoms with Gasteiger partial charge in [-0.3, -0.25) is 0 Å². The summed E-state index contributed by atoms with van der Waals surface area (Å²) in [6, 6.07) is 3.93. The molecule has 4 heteroatoms. The maximum Gasteiger partial charge on any atom is 0.160 e. The number of hydrogen-bond donors (Lipinski definition) is 0. The lowest BCUT2D eigenvalue weighted by molar-refractivity contribution is 0.440. The molecule has 18 heavy (non-hydrogen) atoms. The van der Waals surface area contributed by atoms with Crippen LogP contribution in [0.5, 0.6) is 0 Å². The van der Waals surface area contributed by atoms with Crippen LogP contribution in [-0.4, -0.2) is 14.5 Å². The molecular formula is C14H18ClN3. The molecule has 0 saturated heterocycles. The zero-order valence-electron chi connectivity index (χ0n) is 10.6. The average Bonchev–Trinajstić information content (AvgIpc) is 2.94. The highest BCUT2D eigenvalue weighted by molar-refractivity contribution is 6.16. The van der Waals surface area contributed by atoms with Gasteiger partial charge in [-0.1, -0.05) is 13.3 Å². The highest BCUT2D eigenvalue weighted by Crippen LogP contribution is 2.32.